The first-order valence-electron chi connectivity index (χ1n) is 7.95. The number of ether oxygens (including phenoxy) is 1. The molecule has 1 aromatic heterocycles. The maximum absolute atomic E-state index is 12.5. The van der Waals surface area contributed by atoms with Crippen LogP contribution >= 0.6 is 11.3 Å². The lowest BCUT2D eigenvalue weighted by molar-refractivity contribution is -0.384. The maximum Gasteiger partial charge on any atom is 0.351 e. The highest BCUT2D eigenvalue weighted by Crippen LogP contribution is 2.16. The van der Waals surface area contributed by atoms with Crippen molar-refractivity contribution in [2.45, 2.75) is 20.4 Å². The number of benzene rings is 1. The fraction of sp³-hybridized carbons (Fsp3) is 0.235. The van der Waals surface area contributed by atoms with E-state index in [9.17, 15) is 25.0 Å². The minimum absolute atomic E-state index is 0.0892. The molecule has 0 aliphatic rings. The Hall–Kier alpha value is -3.45. The molecular formula is C17H16N4O5S. The van der Waals surface area contributed by atoms with Crippen molar-refractivity contribution in [2.24, 2.45) is 0 Å². The Kier molecular flexibility index (Phi) is 6.46. The van der Waals surface area contributed by atoms with Crippen LogP contribution in [0.5, 0.6) is 0 Å². The number of rotatable bonds is 6. The molecule has 0 aliphatic carbocycles. The summed E-state index contributed by atoms with van der Waals surface area (Å²) in [6.45, 7) is 3.71. The van der Waals surface area contributed by atoms with Crippen LogP contribution in [0.4, 0.5) is 11.4 Å². The molecule has 27 heavy (non-hydrogen) atoms. The fourth-order valence-electron chi connectivity index (χ4n) is 2.23. The molecule has 1 aromatic carbocycles. The van der Waals surface area contributed by atoms with Crippen molar-refractivity contribution in [1.29, 1.82) is 5.26 Å². The molecule has 0 saturated heterocycles. The van der Waals surface area contributed by atoms with Gasteiger partial charge in [-0.15, -0.1) is 11.3 Å². The van der Waals surface area contributed by atoms with Gasteiger partial charge in [-0.1, -0.05) is 6.07 Å². The Morgan fingerprint density at radius 3 is 2.81 bits per heavy atom. The zero-order valence-electron chi connectivity index (χ0n) is 14.6. The predicted octanol–water partition coefficient (Wildman–Crippen LogP) is 0.925. The lowest BCUT2D eigenvalue weighted by Crippen LogP contribution is -2.32. The van der Waals surface area contributed by atoms with Crippen LogP contribution in [0.15, 0.2) is 29.1 Å². The molecular weight excluding hydrogens is 372 g/mol. The second-order valence-corrected chi connectivity index (χ2v) is 6.15. The zero-order valence-corrected chi connectivity index (χ0v) is 15.4. The Labute approximate surface area is 157 Å². The molecule has 0 atom stereocenters. The molecule has 140 valence electrons. The highest BCUT2D eigenvalue weighted by Gasteiger charge is 2.16. The van der Waals surface area contributed by atoms with E-state index in [-0.39, 0.29) is 39.2 Å². The first-order chi connectivity index (χ1) is 12.9. The van der Waals surface area contributed by atoms with Gasteiger partial charge >= 0.3 is 5.97 Å². The molecule has 2 aromatic rings. The SMILES string of the molecule is CCOC(=O)/C(C#N)=c1/s/c(=C/Nc2cccc([N+](=O)[O-])c2)c(=O)n1CC. The van der Waals surface area contributed by atoms with Gasteiger partial charge in [0.15, 0.2) is 5.57 Å². The minimum atomic E-state index is -0.790. The normalized spacial score (nSPS) is 12.3. The molecule has 1 N–H and O–H groups in total. The van der Waals surface area contributed by atoms with Gasteiger partial charge in [0.2, 0.25) is 0 Å². The van der Waals surface area contributed by atoms with E-state index >= 15 is 0 Å². The van der Waals surface area contributed by atoms with Crippen molar-refractivity contribution in [1.82, 2.24) is 4.57 Å². The van der Waals surface area contributed by atoms with Gasteiger partial charge in [0.1, 0.15) is 15.3 Å². The third kappa shape index (κ3) is 4.39. The Balaban J connectivity index is 2.55. The molecule has 1 heterocycles. The van der Waals surface area contributed by atoms with Crippen LogP contribution < -0.4 is 20.1 Å². The number of nitrogens with zero attached hydrogens (tertiary/aromatic N) is 3. The van der Waals surface area contributed by atoms with E-state index < -0.39 is 10.9 Å². The van der Waals surface area contributed by atoms with E-state index in [0.29, 0.717) is 5.69 Å². The summed E-state index contributed by atoms with van der Waals surface area (Å²) in [5, 5.41) is 23.0. The number of anilines is 1. The predicted molar refractivity (Wildman–Crippen MR) is 100 cm³/mol. The standard InChI is InChI=1S/C17H16N4O5S/c1-3-20-15(22)14(27-16(20)13(9-18)17(23)26-4-2)10-19-11-6-5-7-12(8-11)21(24)25/h5-8,10,19H,3-4H2,1-2H3/b14-10+,16-13+. The topological polar surface area (TPSA) is 127 Å². The number of esters is 1. The Morgan fingerprint density at radius 1 is 1.48 bits per heavy atom. The van der Waals surface area contributed by atoms with Crippen LogP contribution in [0.25, 0.3) is 11.8 Å². The summed E-state index contributed by atoms with van der Waals surface area (Å²) in [6.07, 6.45) is 1.39. The number of carbonyl (C=O) groups is 1. The average Bonchev–Trinajstić information content (AvgIpc) is 2.96. The lowest BCUT2D eigenvalue weighted by atomic mass is 10.3. The second-order valence-electron chi connectivity index (χ2n) is 5.12. The number of carbonyl (C=O) groups excluding carboxylic acids is 1. The van der Waals surface area contributed by atoms with E-state index in [2.05, 4.69) is 5.32 Å². The second kappa shape index (κ2) is 8.77. The summed E-state index contributed by atoms with van der Waals surface area (Å²) in [6, 6.07) is 7.60. The molecule has 9 nitrogen and oxygen atoms in total. The highest BCUT2D eigenvalue weighted by molar-refractivity contribution is 7.07. The van der Waals surface area contributed by atoms with Gasteiger partial charge in [-0.05, 0) is 19.9 Å². The van der Waals surface area contributed by atoms with E-state index in [1.54, 1.807) is 26.0 Å². The van der Waals surface area contributed by atoms with Crippen molar-refractivity contribution < 1.29 is 14.5 Å². The van der Waals surface area contributed by atoms with Crippen molar-refractivity contribution in [3.8, 4) is 6.07 Å². The summed E-state index contributed by atoms with van der Waals surface area (Å²) in [5.41, 5.74) is -0.284. The smallest absolute Gasteiger partial charge is 0.351 e. The monoisotopic (exact) mass is 388 g/mol. The van der Waals surface area contributed by atoms with Gasteiger partial charge in [-0.2, -0.15) is 5.26 Å². The number of nitrogens with one attached hydrogen (secondary N) is 1. The molecule has 0 radical (unpaired) electrons. The molecule has 0 saturated carbocycles. The third-order valence-corrected chi connectivity index (χ3v) is 4.59. The molecule has 0 spiro atoms. The largest absolute Gasteiger partial charge is 0.462 e. The number of nitro benzene ring substituents is 1. The average molecular weight is 388 g/mol. The summed E-state index contributed by atoms with van der Waals surface area (Å²) in [4.78, 5) is 34.8. The van der Waals surface area contributed by atoms with Gasteiger partial charge < -0.3 is 10.1 Å². The van der Waals surface area contributed by atoms with Crippen molar-refractivity contribution in [3.05, 3.63) is 53.9 Å². The molecule has 0 amide bonds. The molecule has 2 rings (SSSR count). The lowest BCUT2D eigenvalue weighted by Gasteiger charge is -2.00. The van der Waals surface area contributed by atoms with Gasteiger partial charge in [-0.25, -0.2) is 4.79 Å². The Morgan fingerprint density at radius 2 is 2.22 bits per heavy atom. The maximum atomic E-state index is 12.5. The van der Waals surface area contributed by atoms with Crippen LogP contribution in [0.2, 0.25) is 0 Å². The van der Waals surface area contributed by atoms with Crippen LogP contribution in [0, 0.1) is 21.4 Å². The minimum Gasteiger partial charge on any atom is -0.462 e. The number of hydrogen-bond acceptors (Lipinski definition) is 8. The number of hydrogen-bond donors (Lipinski definition) is 1. The van der Waals surface area contributed by atoms with Gasteiger partial charge in [0.25, 0.3) is 11.2 Å². The van der Waals surface area contributed by atoms with Crippen LogP contribution in [-0.4, -0.2) is 22.1 Å². The first-order valence-corrected chi connectivity index (χ1v) is 8.76. The van der Waals surface area contributed by atoms with E-state index in [1.165, 1.54) is 29.0 Å². The fourth-order valence-corrected chi connectivity index (χ4v) is 3.31. The summed E-state index contributed by atoms with van der Waals surface area (Å²) in [7, 11) is 0. The molecule has 0 bridgehead atoms. The first kappa shape index (κ1) is 19.9. The third-order valence-electron chi connectivity index (χ3n) is 3.46. The Bertz CT molecular complexity index is 1090. The number of non-ortho nitro benzene ring substituents is 1. The van der Waals surface area contributed by atoms with Gasteiger partial charge in [0.05, 0.1) is 11.5 Å². The molecule has 10 heteroatoms. The van der Waals surface area contributed by atoms with E-state index in [0.717, 1.165) is 11.3 Å². The van der Waals surface area contributed by atoms with Crippen LogP contribution in [-0.2, 0) is 16.1 Å². The summed E-state index contributed by atoms with van der Waals surface area (Å²) >= 11 is 0.965. The number of aromatic nitrogens is 1. The van der Waals surface area contributed by atoms with Crippen molar-refractivity contribution in [2.75, 3.05) is 11.9 Å². The van der Waals surface area contributed by atoms with E-state index in [1.807, 2.05) is 0 Å². The number of nitro groups is 1. The number of nitriles is 1. The molecule has 0 unspecified atom stereocenters. The molecule has 0 fully saturated rings. The zero-order chi connectivity index (χ0) is 20.0. The van der Waals surface area contributed by atoms with Crippen LogP contribution in [0.3, 0.4) is 0 Å². The molecule has 0 aliphatic heterocycles. The van der Waals surface area contributed by atoms with Crippen molar-refractivity contribution >= 4 is 40.5 Å². The van der Waals surface area contributed by atoms with Crippen LogP contribution in [0.1, 0.15) is 13.8 Å². The van der Waals surface area contributed by atoms with E-state index in [4.69, 9.17) is 4.74 Å². The summed E-state index contributed by atoms with van der Waals surface area (Å²) < 4.78 is 6.62. The summed E-state index contributed by atoms with van der Waals surface area (Å²) in [5.74, 6) is -0.790. The quantitative estimate of drug-likeness (QED) is 0.443. The highest BCUT2D eigenvalue weighted by atomic mass is 32.1. The van der Waals surface area contributed by atoms with Gasteiger partial charge in [0, 0.05) is 30.6 Å². The van der Waals surface area contributed by atoms with Crippen molar-refractivity contribution in [3.63, 3.8) is 0 Å². The van der Waals surface area contributed by atoms with Gasteiger partial charge in [-0.3, -0.25) is 19.5 Å². The number of thiazole rings is 1.